The minimum Gasteiger partial charge on any atom is -0.466 e. The normalized spacial score (nSPS) is 32.8. The molecule has 14 heteroatoms. The van der Waals surface area contributed by atoms with Gasteiger partial charge in [-0.15, -0.1) is 0 Å². The van der Waals surface area contributed by atoms with Gasteiger partial charge in [-0.1, -0.05) is 0 Å². The number of rotatable bonds is 6. The molecule has 2 fully saturated rings. The van der Waals surface area contributed by atoms with Crippen molar-refractivity contribution in [2.75, 3.05) is 25.5 Å². The van der Waals surface area contributed by atoms with E-state index in [1.165, 1.54) is 17.8 Å². The molecule has 4 heterocycles. The van der Waals surface area contributed by atoms with Gasteiger partial charge in [0.25, 0.3) is 0 Å². The Kier molecular flexibility index (Phi) is 5.73. The molecule has 0 amide bonds. The molecule has 0 unspecified atom stereocenters. The van der Waals surface area contributed by atoms with Gasteiger partial charge in [-0.25, -0.2) is 24.0 Å². The van der Waals surface area contributed by atoms with Gasteiger partial charge in [0, 0.05) is 6.54 Å². The first kappa shape index (κ1) is 22.0. The van der Waals surface area contributed by atoms with Crippen LogP contribution in [0.15, 0.2) is 6.33 Å². The smallest absolute Gasteiger partial charge is 0.406 e. The zero-order chi connectivity index (χ0) is 22.4. The maximum atomic E-state index is 15.9. The number of aromatic nitrogens is 4. The third kappa shape index (κ3) is 4.03. The average Bonchev–Trinajstić information content (AvgIpc) is 3.20. The number of hydrogen-bond donors (Lipinski definition) is 2. The zero-order valence-electron chi connectivity index (χ0n) is 17.3. The lowest BCUT2D eigenvalue weighted by atomic mass is 9.98. The first-order valence-corrected chi connectivity index (χ1v) is 11.3. The van der Waals surface area contributed by atoms with E-state index in [0.717, 1.165) is 0 Å². The fourth-order valence-electron chi connectivity index (χ4n) is 3.72. The van der Waals surface area contributed by atoms with Crippen molar-refractivity contribution in [2.45, 2.75) is 51.3 Å². The van der Waals surface area contributed by atoms with Crippen molar-refractivity contribution in [3.63, 3.8) is 0 Å². The highest BCUT2D eigenvalue weighted by atomic mass is 31.2. The largest absolute Gasteiger partial charge is 0.466 e. The number of nitrogen functional groups attached to an aromatic ring is 1. The molecule has 0 aromatic carbocycles. The molecule has 0 saturated carbocycles. The Bertz CT molecular complexity index is 1050. The van der Waals surface area contributed by atoms with E-state index < -0.39 is 37.8 Å². The second-order valence-corrected chi connectivity index (χ2v) is 9.23. The van der Waals surface area contributed by atoms with Crippen LogP contribution in [0.25, 0.3) is 11.2 Å². The predicted molar refractivity (Wildman–Crippen MR) is 106 cm³/mol. The quantitative estimate of drug-likeness (QED) is 0.477. The first-order chi connectivity index (χ1) is 14.6. The molecule has 12 nitrogen and oxygen atoms in total. The number of ether oxygens (including phenoxy) is 2. The van der Waals surface area contributed by atoms with Crippen LogP contribution in [0.2, 0.25) is 0 Å². The average molecular weight is 458 g/mol. The van der Waals surface area contributed by atoms with Crippen LogP contribution in [0.4, 0.5) is 10.3 Å². The maximum Gasteiger partial charge on any atom is 0.406 e. The van der Waals surface area contributed by atoms with Gasteiger partial charge in [0.05, 0.1) is 31.7 Å². The van der Waals surface area contributed by atoms with E-state index in [2.05, 4.69) is 20.0 Å². The summed E-state index contributed by atoms with van der Waals surface area (Å²) < 4.78 is 51.8. The topological polar surface area (TPSA) is 153 Å². The third-order valence-electron chi connectivity index (χ3n) is 5.15. The highest BCUT2D eigenvalue weighted by Gasteiger charge is 2.61. The molecule has 4 rings (SSSR count). The Labute approximate surface area is 177 Å². The molecule has 0 bridgehead atoms. The van der Waals surface area contributed by atoms with E-state index in [4.69, 9.17) is 24.3 Å². The second kappa shape index (κ2) is 8.06. The summed E-state index contributed by atoms with van der Waals surface area (Å²) in [4.78, 5) is 23.9. The minimum absolute atomic E-state index is 0.0115. The number of nitrogens with two attached hydrogens (primary N) is 1. The SMILES string of the molecule is CCOC(=O)CCN[P@]1(=O)OC[C@H]2O[C@@H](n3cnc4c(C)nc(N)nc43)[C@](C)(F)[C@@H]2O1. The first-order valence-electron chi connectivity index (χ1n) is 9.79. The van der Waals surface area contributed by atoms with Crippen molar-refractivity contribution < 1.29 is 32.3 Å². The van der Waals surface area contributed by atoms with E-state index in [-0.39, 0.29) is 32.1 Å². The number of esters is 1. The van der Waals surface area contributed by atoms with Gasteiger partial charge in [0.1, 0.15) is 17.7 Å². The summed E-state index contributed by atoms with van der Waals surface area (Å²) in [7, 11) is -3.85. The van der Waals surface area contributed by atoms with E-state index in [1.807, 2.05) is 0 Å². The Morgan fingerprint density at radius 2 is 2.29 bits per heavy atom. The van der Waals surface area contributed by atoms with Crippen molar-refractivity contribution in [3.8, 4) is 0 Å². The van der Waals surface area contributed by atoms with Gasteiger partial charge in [-0.2, -0.15) is 4.98 Å². The van der Waals surface area contributed by atoms with E-state index in [0.29, 0.717) is 16.9 Å². The highest BCUT2D eigenvalue weighted by Crippen LogP contribution is 2.56. The van der Waals surface area contributed by atoms with Gasteiger partial charge < -0.3 is 15.2 Å². The number of carbonyl (C=O) groups is 1. The van der Waals surface area contributed by atoms with E-state index in [9.17, 15) is 9.36 Å². The Balaban J connectivity index is 1.53. The van der Waals surface area contributed by atoms with Crippen LogP contribution in [0.5, 0.6) is 0 Å². The molecular weight excluding hydrogens is 434 g/mol. The van der Waals surface area contributed by atoms with Crippen LogP contribution in [0.3, 0.4) is 0 Å². The molecule has 170 valence electrons. The molecule has 2 aromatic heterocycles. The summed E-state index contributed by atoms with van der Waals surface area (Å²) in [5.74, 6) is -0.433. The lowest BCUT2D eigenvalue weighted by Gasteiger charge is -2.34. The van der Waals surface area contributed by atoms with Crippen LogP contribution in [0.1, 0.15) is 32.2 Å². The number of hydrogen-bond acceptors (Lipinski definition) is 10. The van der Waals surface area contributed by atoms with Crippen LogP contribution < -0.4 is 10.8 Å². The van der Waals surface area contributed by atoms with Crippen molar-refractivity contribution >= 4 is 30.8 Å². The summed E-state index contributed by atoms with van der Waals surface area (Å²) in [6.07, 6.45) is -1.82. The van der Waals surface area contributed by atoms with E-state index in [1.54, 1.807) is 13.8 Å². The van der Waals surface area contributed by atoms with Crippen LogP contribution in [-0.2, 0) is 27.9 Å². The maximum absolute atomic E-state index is 15.9. The van der Waals surface area contributed by atoms with Crippen LogP contribution in [-0.4, -0.2) is 63.1 Å². The van der Waals surface area contributed by atoms with Crippen molar-refractivity contribution in [1.82, 2.24) is 24.6 Å². The Morgan fingerprint density at radius 1 is 1.52 bits per heavy atom. The number of halogens is 1. The standard InChI is InChI=1S/C17H24FN6O6P/c1-4-27-11(25)5-6-21-31(26)28-7-10-13(30-31)17(3,18)15(29-10)24-8-20-12-9(2)22-16(19)23-14(12)24/h8,10,13,15H,4-7H2,1-3H3,(H,21,26)(H2,19,22,23)/t10-,13-,15-,17-,31+/m1/s1. The van der Waals surface area contributed by atoms with Gasteiger partial charge in [-0.3, -0.25) is 18.4 Å². The Hall–Kier alpha value is -2.18. The number of nitrogens with zero attached hydrogens (tertiary/aromatic N) is 4. The summed E-state index contributed by atoms with van der Waals surface area (Å²) in [5, 5.41) is 2.56. The molecule has 3 N–H and O–H groups in total. The molecule has 31 heavy (non-hydrogen) atoms. The molecule has 0 radical (unpaired) electrons. The number of alkyl halides is 1. The van der Waals surface area contributed by atoms with Crippen LogP contribution >= 0.6 is 7.75 Å². The van der Waals surface area contributed by atoms with Gasteiger partial charge >= 0.3 is 13.7 Å². The Morgan fingerprint density at radius 3 is 3.03 bits per heavy atom. The fraction of sp³-hybridized carbons (Fsp3) is 0.647. The predicted octanol–water partition coefficient (Wildman–Crippen LogP) is 1.41. The summed E-state index contributed by atoms with van der Waals surface area (Å²) in [6, 6.07) is 0. The van der Waals surface area contributed by atoms with E-state index >= 15 is 4.39 Å². The van der Waals surface area contributed by atoms with Crippen molar-refractivity contribution in [2.24, 2.45) is 0 Å². The molecular formula is C17H24FN6O6P. The highest BCUT2D eigenvalue weighted by molar-refractivity contribution is 7.51. The van der Waals surface area contributed by atoms with Crippen molar-refractivity contribution in [3.05, 3.63) is 12.0 Å². The third-order valence-corrected chi connectivity index (χ3v) is 6.75. The molecule has 0 spiro atoms. The van der Waals surface area contributed by atoms with Crippen LogP contribution in [0, 0.1) is 6.92 Å². The lowest BCUT2D eigenvalue weighted by molar-refractivity contribution is -0.142. The number of anilines is 1. The number of carbonyl (C=O) groups excluding carboxylic acids is 1. The number of fused-ring (bicyclic) bond motifs is 2. The fourth-order valence-corrected chi connectivity index (χ4v) is 5.32. The minimum atomic E-state index is -3.85. The van der Waals surface area contributed by atoms with Crippen molar-refractivity contribution in [1.29, 1.82) is 0 Å². The summed E-state index contributed by atoms with van der Waals surface area (Å²) in [6.45, 7) is 4.77. The monoisotopic (exact) mass is 458 g/mol. The molecule has 0 aliphatic carbocycles. The summed E-state index contributed by atoms with van der Waals surface area (Å²) >= 11 is 0. The number of nitrogens with one attached hydrogen (secondary N) is 1. The second-order valence-electron chi connectivity index (χ2n) is 7.45. The summed E-state index contributed by atoms with van der Waals surface area (Å²) in [5.41, 5.74) is 4.96. The lowest BCUT2D eigenvalue weighted by Crippen LogP contribution is -2.46. The molecule has 2 aliphatic heterocycles. The van der Waals surface area contributed by atoms with Gasteiger partial charge in [0.2, 0.25) is 5.95 Å². The van der Waals surface area contributed by atoms with Gasteiger partial charge in [0.15, 0.2) is 17.5 Å². The van der Waals surface area contributed by atoms with Gasteiger partial charge in [-0.05, 0) is 20.8 Å². The molecule has 2 saturated heterocycles. The zero-order valence-corrected chi connectivity index (χ0v) is 18.2. The number of imidazole rings is 1. The molecule has 2 aliphatic rings. The molecule has 2 aromatic rings. The number of aryl methyl sites for hydroxylation is 1. The molecule has 5 atom stereocenters.